The molecule has 0 aromatic heterocycles. The Labute approximate surface area is 80.6 Å². The maximum absolute atomic E-state index is 10.9. The minimum Gasteiger partial charge on any atom is -0.369 e. The average molecular weight is 249 g/mol. The van der Waals surface area contributed by atoms with E-state index in [0.717, 1.165) is 0 Å². The molecule has 14 heavy (non-hydrogen) atoms. The van der Waals surface area contributed by atoms with Gasteiger partial charge in [-0.2, -0.15) is 4.67 Å². The summed E-state index contributed by atoms with van der Waals surface area (Å²) in [6.07, 6.45) is -0.465. The van der Waals surface area contributed by atoms with Crippen LogP contribution in [0.3, 0.4) is 0 Å². The summed E-state index contributed by atoms with van der Waals surface area (Å²) in [7, 11) is -8.70. The molecule has 2 unspecified atom stereocenters. The monoisotopic (exact) mass is 249 g/mol. The van der Waals surface area contributed by atoms with Gasteiger partial charge in [0.15, 0.2) is 0 Å². The minimum absolute atomic E-state index is 0.0430. The van der Waals surface area contributed by atoms with Gasteiger partial charge in [-0.3, -0.25) is 9.13 Å². The van der Waals surface area contributed by atoms with E-state index < -0.39 is 27.1 Å². The predicted octanol–water partition coefficient (Wildman–Crippen LogP) is -0.487. The van der Waals surface area contributed by atoms with E-state index in [9.17, 15) is 14.2 Å². The van der Waals surface area contributed by atoms with Gasteiger partial charge in [0.05, 0.1) is 0 Å². The third kappa shape index (κ3) is 3.12. The van der Waals surface area contributed by atoms with E-state index in [2.05, 4.69) is 4.67 Å². The van der Waals surface area contributed by atoms with Crippen LogP contribution < -0.4 is 5.73 Å². The van der Waals surface area contributed by atoms with Crippen LogP contribution in [-0.2, 0) is 13.8 Å². The van der Waals surface area contributed by atoms with E-state index >= 15 is 0 Å². The summed E-state index contributed by atoms with van der Waals surface area (Å²) in [5.74, 6) is 0. The van der Waals surface area contributed by atoms with Crippen molar-refractivity contribution < 1.29 is 34.0 Å². The van der Waals surface area contributed by atoms with Gasteiger partial charge in [-0.15, -0.1) is 0 Å². The Morgan fingerprint density at radius 1 is 1.50 bits per heavy atom. The van der Waals surface area contributed by atoms with Crippen molar-refractivity contribution >= 4 is 15.6 Å². The molecule has 0 aliphatic carbocycles. The quantitative estimate of drug-likeness (QED) is 0.240. The fourth-order valence-electron chi connectivity index (χ4n) is 0.788. The number of hydrogen-bond donors (Lipinski definition) is 5. The van der Waals surface area contributed by atoms with Crippen molar-refractivity contribution in [3.63, 3.8) is 0 Å². The molecule has 0 aliphatic rings. The van der Waals surface area contributed by atoms with Crippen molar-refractivity contribution in [1.82, 2.24) is 0 Å². The second kappa shape index (κ2) is 5.34. The highest BCUT2D eigenvalue weighted by Gasteiger charge is 2.51. The van der Waals surface area contributed by atoms with E-state index in [4.69, 9.17) is 20.8 Å². The lowest BCUT2D eigenvalue weighted by Gasteiger charge is -2.25. The van der Waals surface area contributed by atoms with Crippen LogP contribution in [0.2, 0.25) is 0 Å². The normalized spacial score (nSPS) is 18.9. The van der Waals surface area contributed by atoms with Crippen LogP contribution in [0.4, 0.5) is 0 Å². The molecular formula is C4H13NO7P2. The molecule has 0 rings (SSSR count). The molecule has 0 spiro atoms. The van der Waals surface area contributed by atoms with Crippen LogP contribution in [0.5, 0.6) is 0 Å². The van der Waals surface area contributed by atoms with Crippen LogP contribution in [0.15, 0.2) is 0 Å². The smallest absolute Gasteiger partial charge is 0.366 e. The van der Waals surface area contributed by atoms with Gasteiger partial charge in [-0.25, -0.2) is 5.26 Å². The Kier molecular flexibility index (Phi) is 5.43. The first kappa shape index (κ1) is 14.2. The molecule has 6 N–H and O–H groups in total. The van der Waals surface area contributed by atoms with Crippen LogP contribution >= 0.6 is 15.6 Å². The second-order valence-electron chi connectivity index (χ2n) is 2.63. The number of rotatable bonds is 6. The van der Waals surface area contributed by atoms with Gasteiger partial charge in [0, 0.05) is 0 Å². The van der Waals surface area contributed by atoms with Crippen LogP contribution in [-0.4, -0.2) is 31.8 Å². The molecule has 8 nitrogen and oxygen atoms in total. The first-order valence-corrected chi connectivity index (χ1v) is 6.56. The Bertz CT molecular complexity index is 252. The minimum atomic E-state index is -5.04. The fourth-order valence-corrected chi connectivity index (χ4v) is 2.84. The molecule has 0 amide bonds. The zero-order valence-corrected chi connectivity index (χ0v) is 9.05. The number of hydrogen-bond acceptors (Lipinski definition) is 6. The van der Waals surface area contributed by atoms with Gasteiger partial charge in [-0.05, 0) is 19.4 Å². The molecule has 2 atom stereocenters. The van der Waals surface area contributed by atoms with E-state index in [1.54, 1.807) is 0 Å². The lowest BCUT2D eigenvalue weighted by molar-refractivity contribution is -0.136. The molecule has 0 aromatic rings. The fraction of sp³-hybridized carbons (Fsp3) is 1.00. The third-order valence-electron chi connectivity index (χ3n) is 1.62. The summed E-state index contributed by atoms with van der Waals surface area (Å²) in [5, 5.41) is 14.6. The van der Waals surface area contributed by atoms with Crippen molar-refractivity contribution in [3.8, 4) is 0 Å². The lowest BCUT2D eigenvalue weighted by Crippen LogP contribution is -2.25. The molecule has 0 saturated carbocycles. The largest absolute Gasteiger partial charge is 0.369 e. The molecular weight excluding hydrogens is 236 g/mol. The second-order valence-corrected chi connectivity index (χ2v) is 6.46. The van der Waals surface area contributed by atoms with Crippen molar-refractivity contribution in [2.24, 2.45) is 5.73 Å². The summed E-state index contributed by atoms with van der Waals surface area (Å²) in [6.45, 7) is 0.0584. The van der Waals surface area contributed by atoms with Crippen molar-refractivity contribution in [2.75, 3.05) is 6.54 Å². The molecule has 86 valence electrons. The maximum atomic E-state index is 10.9. The molecule has 0 fully saturated rings. The average Bonchev–Trinajstić information content (AvgIpc) is 2.10. The first-order chi connectivity index (χ1) is 6.29. The first-order valence-electron chi connectivity index (χ1n) is 3.63. The molecule has 0 heterocycles. The maximum Gasteiger partial charge on any atom is 0.366 e. The van der Waals surface area contributed by atoms with E-state index in [-0.39, 0.29) is 13.0 Å². The Morgan fingerprint density at radius 3 is 2.29 bits per heavy atom. The van der Waals surface area contributed by atoms with Crippen LogP contribution in [0.1, 0.15) is 12.8 Å². The Balaban J connectivity index is 4.86. The Morgan fingerprint density at radius 2 is 2.00 bits per heavy atom. The molecule has 0 radical (unpaired) electrons. The summed E-state index contributed by atoms with van der Waals surface area (Å²) in [6, 6.07) is 0. The van der Waals surface area contributed by atoms with Gasteiger partial charge >= 0.3 is 7.60 Å². The van der Waals surface area contributed by atoms with Crippen molar-refractivity contribution in [2.45, 2.75) is 17.9 Å². The highest BCUT2D eigenvalue weighted by Crippen LogP contribution is 2.63. The van der Waals surface area contributed by atoms with Crippen LogP contribution in [0, 0.1) is 0 Å². The molecule has 0 aliphatic heterocycles. The highest BCUT2D eigenvalue weighted by atomic mass is 31.2. The van der Waals surface area contributed by atoms with Gasteiger partial charge in [0.2, 0.25) is 5.08 Å². The molecule has 0 saturated heterocycles. The van der Waals surface area contributed by atoms with E-state index in [1.807, 2.05) is 0 Å². The summed E-state index contributed by atoms with van der Waals surface area (Å²) in [5.41, 5.74) is 5.06. The summed E-state index contributed by atoms with van der Waals surface area (Å²) >= 11 is 0. The third-order valence-corrected chi connectivity index (χ3v) is 5.30. The molecule has 0 bridgehead atoms. The number of aliphatic hydroxyl groups is 1. The predicted molar refractivity (Wildman–Crippen MR) is 48.0 cm³/mol. The van der Waals surface area contributed by atoms with Gasteiger partial charge < -0.3 is 20.6 Å². The SMILES string of the molecule is NCCCC(O)([PH](=O)OO)P(=O)(O)O. The zero-order valence-electron chi connectivity index (χ0n) is 7.16. The summed E-state index contributed by atoms with van der Waals surface area (Å²) in [4.78, 5) is 17.4. The van der Waals surface area contributed by atoms with Crippen LogP contribution in [0.25, 0.3) is 0 Å². The van der Waals surface area contributed by atoms with Gasteiger partial charge in [0.1, 0.15) is 0 Å². The van der Waals surface area contributed by atoms with E-state index in [1.165, 1.54) is 0 Å². The highest BCUT2D eigenvalue weighted by molar-refractivity contribution is 7.66. The standard InChI is InChI=1S/C4H13NO7P2/c5-3-1-2-4(6,13(8)12-7)14(9,10)11/h6-7,13H,1-3,5H2,(H2,9,10,11). The summed E-state index contributed by atoms with van der Waals surface area (Å²) < 4.78 is 25.0. The number of nitrogens with two attached hydrogens (primary N) is 1. The van der Waals surface area contributed by atoms with Gasteiger partial charge in [-0.1, -0.05) is 0 Å². The topological polar surface area (TPSA) is 150 Å². The van der Waals surface area contributed by atoms with Gasteiger partial charge in [0.25, 0.3) is 8.03 Å². The molecule has 0 aromatic carbocycles. The van der Waals surface area contributed by atoms with Crippen molar-refractivity contribution in [3.05, 3.63) is 0 Å². The van der Waals surface area contributed by atoms with Crippen molar-refractivity contribution in [1.29, 1.82) is 0 Å². The van der Waals surface area contributed by atoms with E-state index in [0.29, 0.717) is 0 Å². The zero-order chi connectivity index (χ0) is 11.4. The lowest BCUT2D eigenvalue weighted by atomic mass is 10.3. The molecule has 10 heteroatoms. The Hall–Kier alpha value is 0.220.